The Labute approximate surface area is 149 Å². The highest BCUT2D eigenvalue weighted by Gasteiger charge is 2.43. The third kappa shape index (κ3) is 3.21. The van der Waals surface area contributed by atoms with Crippen LogP contribution in [0.25, 0.3) is 0 Å². The number of carbonyl (C=O) groups excluding carboxylic acids is 1. The van der Waals surface area contributed by atoms with Gasteiger partial charge in [-0.25, -0.2) is 0 Å². The molecule has 1 aromatic rings. The number of nitrogens with zero attached hydrogens (tertiary/aromatic N) is 3. The molecule has 0 spiro atoms. The van der Waals surface area contributed by atoms with Crippen LogP contribution in [-0.4, -0.2) is 33.8 Å². The van der Waals surface area contributed by atoms with Crippen molar-refractivity contribution >= 4 is 5.91 Å². The number of hydrogen-bond acceptors (Lipinski definition) is 4. The minimum absolute atomic E-state index is 0.0538. The minimum atomic E-state index is -0.732. The Hall–Kier alpha value is -1.43. The maximum absolute atomic E-state index is 13.1. The van der Waals surface area contributed by atoms with E-state index in [0.717, 1.165) is 31.0 Å². The molecule has 4 rings (SSSR count). The van der Waals surface area contributed by atoms with Crippen molar-refractivity contribution in [1.29, 1.82) is 0 Å². The first-order valence-corrected chi connectivity index (χ1v) is 9.99. The molecule has 1 unspecified atom stereocenters. The zero-order valence-corrected chi connectivity index (χ0v) is 15.3. The van der Waals surface area contributed by atoms with Crippen molar-refractivity contribution in [3.63, 3.8) is 0 Å². The minimum Gasteiger partial charge on any atom is -0.370 e. The maximum Gasteiger partial charge on any atom is 0.248 e. The molecule has 2 aliphatic carbocycles. The Morgan fingerprint density at radius 3 is 2.64 bits per heavy atom. The Bertz CT molecular complexity index is 617. The van der Waals surface area contributed by atoms with E-state index in [9.17, 15) is 4.79 Å². The lowest BCUT2D eigenvalue weighted by molar-refractivity contribution is -0.135. The number of aromatic nitrogens is 3. The van der Waals surface area contributed by atoms with Crippen molar-refractivity contribution < 1.29 is 9.53 Å². The topological polar surface area (TPSA) is 69.0 Å². The van der Waals surface area contributed by atoms with Crippen molar-refractivity contribution in [3.05, 3.63) is 11.6 Å². The molecule has 25 heavy (non-hydrogen) atoms. The highest BCUT2D eigenvalue weighted by atomic mass is 16.5. The van der Waals surface area contributed by atoms with Gasteiger partial charge in [0.1, 0.15) is 18.0 Å². The molecule has 2 heterocycles. The lowest BCUT2D eigenvalue weighted by Crippen LogP contribution is -2.54. The smallest absolute Gasteiger partial charge is 0.248 e. The van der Waals surface area contributed by atoms with Crippen LogP contribution in [0.1, 0.15) is 82.3 Å². The fourth-order valence-electron chi connectivity index (χ4n) is 4.80. The van der Waals surface area contributed by atoms with Crippen molar-refractivity contribution in [3.8, 4) is 0 Å². The summed E-state index contributed by atoms with van der Waals surface area (Å²) < 4.78 is 7.82. The predicted octanol–water partition coefficient (Wildman–Crippen LogP) is 2.88. The van der Waals surface area contributed by atoms with Crippen LogP contribution in [0.3, 0.4) is 0 Å². The van der Waals surface area contributed by atoms with Gasteiger partial charge >= 0.3 is 0 Å². The third-order valence-electron chi connectivity index (χ3n) is 6.35. The summed E-state index contributed by atoms with van der Waals surface area (Å²) in [4.78, 5) is 13.1. The van der Waals surface area contributed by atoms with E-state index >= 15 is 0 Å². The summed E-state index contributed by atoms with van der Waals surface area (Å²) in [5.41, 5.74) is -0.732. The number of hydrogen-bond donors (Lipinski definition) is 1. The molecule has 138 valence electrons. The van der Waals surface area contributed by atoms with E-state index in [1.54, 1.807) is 0 Å². The normalized spacial score (nSPS) is 28.0. The molecular formula is C19H30N4O2. The summed E-state index contributed by atoms with van der Waals surface area (Å²) in [6.07, 6.45) is 11.2. The Morgan fingerprint density at radius 1 is 1.16 bits per heavy atom. The summed E-state index contributed by atoms with van der Waals surface area (Å²) in [5.74, 6) is 2.90. The van der Waals surface area contributed by atoms with Gasteiger partial charge in [0.25, 0.3) is 0 Å². The monoisotopic (exact) mass is 346 g/mol. The number of fused-ring (bicyclic) bond motifs is 1. The van der Waals surface area contributed by atoms with Crippen molar-refractivity contribution in [2.24, 2.45) is 5.92 Å². The van der Waals surface area contributed by atoms with Crippen molar-refractivity contribution in [1.82, 2.24) is 20.1 Å². The molecule has 6 nitrogen and oxygen atoms in total. The van der Waals surface area contributed by atoms with Crippen LogP contribution in [0.15, 0.2) is 0 Å². The van der Waals surface area contributed by atoms with Crippen LogP contribution < -0.4 is 5.32 Å². The molecule has 0 bridgehead atoms. The average molecular weight is 346 g/mol. The molecule has 1 aromatic heterocycles. The SMILES string of the molecule is CC1(C(=O)NCC2CCCCC2)COCc2nnc(C3CCCC3)n21. The molecule has 1 atom stereocenters. The second kappa shape index (κ2) is 7.06. The quantitative estimate of drug-likeness (QED) is 0.910. The van der Waals surface area contributed by atoms with Crippen LogP contribution in [0.2, 0.25) is 0 Å². The first kappa shape index (κ1) is 17.0. The zero-order chi connectivity index (χ0) is 17.3. The molecule has 3 aliphatic rings. The Morgan fingerprint density at radius 2 is 1.88 bits per heavy atom. The van der Waals surface area contributed by atoms with Crippen molar-refractivity contribution in [2.45, 2.75) is 82.8 Å². The number of rotatable bonds is 4. The van der Waals surface area contributed by atoms with Gasteiger partial charge in [-0.2, -0.15) is 0 Å². The zero-order valence-electron chi connectivity index (χ0n) is 15.3. The fraction of sp³-hybridized carbons (Fsp3) is 0.842. The largest absolute Gasteiger partial charge is 0.370 e. The van der Waals surface area contributed by atoms with Crippen molar-refractivity contribution in [2.75, 3.05) is 13.2 Å². The van der Waals surface area contributed by atoms with Gasteiger partial charge < -0.3 is 10.1 Å². The van der Waals surface area contributed by atoms with Gasteiger partial charge in [-0.05, 0) is 38.5 Å². The molecule has 0 saturated heterocycles. The lowest BCUT2D eigenvalue weighted by Gasteiger charge is -2.36. The number of nitrogens with one attached hydrogen (secondary N) is 1. The first-order valence-electron chi connectivity index (χ1n) is 9.99. The summed E-state index contributed by atoms with van der Waals surface area (Å²) in [6, 6.07) is 0. The Kier molecular flexibility index (Phi) is 4.80. The van der Waals surface area contributed by atoms with Crippen LogP contribution in [0.4, 0.5) is 0 Å². The van der Waals surface area contributed by atoms with Crippen LogP contribution in [0.5, 0.6) is 0 Å². The molecule has 6 heteroatoms. The molecule has 1 amide bonds. The highest BCUT2D eigenvalue weighted by Crippen LogP contribution is 2.37. The number of amides is 1. The van der Waals surface area contributed by atoms with Gasteiger partial charge in [0.05, 0.1) is 6.61 Å². The second-order valence-electron chi connectivity index (χ2n) is 8.27. The van der Waals surface area contributed by atoms with E-state index in [1.165, 1.54) is 44.9 Å². The van der Waals surface area contributed by atoms with E-state index in [0.29, 0.717) is 25.0 Å². The van der Waals surface area contributed by atoms with Crippen LogP contribution in [-0.2, 0) is 21.7 Å². The Balaban J connectivity index is 1.53. The van der Waals surface area contributed by atoms with Gasteiger partial charge in [-0.15, -0.1) is 10.2 Å². The first-order chi connectivity index (χ1) is 12.2. The average Bonchev–Trinajstić information content (AvgIpc) is 3.30. The van der Waals surface area contributed by atoms with Crippen LogP contribution >= 0.6 is 0 Å². The second-order valence-corrected chi connectivity index (χ2v) is 8.27. The van der Waals surface area contributed by atoms with E-state index in [4.69, 9.17) is 4.74 Å². The molecule has 0 radical (unpaired) electrons. The van der Waals surface area contributed by atoms with Gasteiger partial charge in [0, 0.05) is 12.5 Å². The molecule has 0 aromatic carbocycles. The van der Waals surface area contributed by atoms with Gasteiger partial charge in [-0.3, -0.25) is 9.36 Å². The molecule has 1 N–H and O–H groups in total. The van der Waals surface area contributed by atoms with Gasteiger partial charge in [0.2, 0.25) is 5.91 Å². The summed E-state index contributed by atoms with van der Waals surface area (Å²) in [6.45, 7) is 3.61. The van der Waals surface area contributed by atoms with E-state index < -0.39 is 5.54 Å². The van der Waals surface area contributed by atoms with Gasteiger partial charge in [0.15, 0.2) is 5.82 Å². The van der Waals surface area contributed by atoms with Crippen LogP contribution in [0, 0.1) is 5.92 Å². The fourth-order valence-corrected chi connectivity index (χ4v) is 4.80. The summed E-state index contributed by atoms with van der Waals surface area (Å²) in [5, 5.41) is 12.0. The highest BCUT2D eigenvalue weighted by molar-refractivity contribution is 5.84. The number of carbonyl (C=O) groups is 1. The van der Waals surface area contributed by atoms with E-state index in [2.05, 4.69) is 20.1 Å². The maximum atomic E-state index is 13.1. The molecule has 1 aliphatic heterocycles. The van der Waals surface area contributed by atoms with E-state index in [1.807, 2.05) is 6.92 Å². The number of ether oxygens (including phenoxy) is 1. The van der Waals surface area contributed by atoms with E-state index in [-0.39, 0.29) is 5.91 Å². The summed E-state index contributed by atoms with van der Waals surface area (Å²) >= 11 is 0. The standard InChI is InChI=1S/C19H30N4O2/c1-19(18(24)20-11-14-7-3-2-4-8-14)13-25-12-16-21-22-17(23(16)19)15-9-5-6-10-15/h14-15H,2-13H2,1H3,(H,20,24). The predicted molar refractivity (Wildman–Crippen MR) is 94.1 cm³/mol. The summed E-state index contributed by atoms with van der Waals surface area (Å²) in [7, 11) is 0. The molecular weight excluding hydrogens is 316 g/mol. The molecule has 2 saturated carbocycles. The van der Waals surface area contributed by atoms with Gasteiger partial charge in [-0.1, -0.05) is 32.1 Å². The third-order valence-corrected chi connectivity index (χ3v) is 6.35. The molecule has 2 fully saturated rings. The lowest BCUT2D eigenvalue weighted by atomic mass is 9.89.